The number of sulfonamides is 1. The number of hydrogen-bond acceptors (Lipinski definition) is 3. The molecule has 2 rings (SSSR count). The van der Waals surface area contributed by atoms with E-state index in [0.29, 0.717) is 19.0 Å². The van der Waals surface area contributed by atoms with Crippen LogP contribution in [0.25, 0.3) is 0 Å². The lowest BCUT2D eigenvalue weighted by molar-refractivity contribution is 0.252. The van der Waals surface area contributed by atoms with Crippen molar-refractivity contribution in [3.8, 4) is 0 Å². The maximum absolute atomic E-state index is 11.5. The molecule has 0 aromatic rings. The van der Waals surface area contributed by atoms with E-state index in [2.05, 4.69) is 5.32 Å². The molecule has 0 bridgehead atoms. The number of piperidine rings is 1. The molecule has 1 aliphatic heterocycles. The first-order valence-corrected chi connectivity index (χ1v) is 9.06. The average molecular weight is 274 g/mol. The molecule has 1 saturated heterocycles. The number of nitrogens with one attached hydrogen (secondary N) is 1. The van der Waals surface area contributed by atoms with Gasteiger partial charge in [-0.1, -0.05) is 19.3 Å². The molecular formula is C13H26N2O2S. The fraction of sp³-hybridized carbons (Fsp3) is 1.00. The molecule has 106 valence electrons. The van der Waals surface area contributed by atoms with Crippen LogP contribution in [-0.4, -0.2) is 45.2 Å². The molecule has 0 aromatic carbocycles. The van der Waals surface area contributed by atoms with E-state index in [1.165, 1.54) is 31.9 Å². The van der Waals surface area contributed by atoms with Crippen molar-refractivity contribution < 1.29 is 8.42 Å². The Morgan fingerprint density at radius 2 is 1.89 bits per heavy atom. The fourth-order valence-corrected chi connectivity index (χ4v) is 3.83. The van der Waals surface area contributed by atoms with Gasteiger partial charge in [0, 0.05) is 13.1 Å². The maximum Gasteiger partial charge on any atom is 0.211 e. The lowest BCUT2D eigenvalue weighted by Crippen LogP contribution is -2.42. The minimum atomic E-state index is -2.99. The van der Waals surface area contributed by atoms with E-state index >= 15 is 0 Å². The highest BCUT2D eigenvalue weighted by atomic mass is 32.2. The highest BCUT2D eigenvalue weighted by Crippen LogP contribution is 2.28. The zero-order valence-corrected chi connectivity index (χ0v) is 12.2. The molecule has 5 heteroatoms. The summed E-state index contributed by atoms with van der Waals surface area (Å²) in [6, 6.07) is 0. The van der Waals surface area contributed by atoms with Gasteiger partial charge >= 0.3 is 0 Å². The summed E-state index contributed by atoms with van der Waals surface area (Å²) in [7, 11) is -2.99. The summed E-state index contributed by atoms with van der Waals surface area (Å²) >= 11 is 0. The second-order valence-corrected chi connectivity index (χ2v) is 7.90. The van der Waals surface area contributed by atoms with Gasteiger partial charge < -0.3 is 5.32 Å². The second kappa shape index (κ2) is 6.35. The lowest BCUT2D eigenvalue weighted by Gasteiger charge is -2.31. The van der Waals surface area contributed by atoms with Crippen molar-refractivity contribution in [2.75, 3.05) is 32.4 Å². The molecule has 1 aliphatic carbocycles. The van der Waals surface area contributed by atoms with Crippen molar-refractivity contribution in [3.05, 3.63) is 0 Å². The standard InChI is InChI=1S/C13H26N2O2S/c1-18(16,17)15-9-3-6-13(11-15)10-14-8-7-12-4-2-5-12/h12-14H,2-11H2,1H3. The first kappa shape index (κ1) is 14.3. The van der Waals surface area contributed by atoms with Crippen LogP contribution in [0.3, 0.4) is 0 Å². The van der Waals surface area contributed by atoms with Crippen molar-refractivity contribution in [2.45, 2.75) is 38.5 Å². The van der Waals surface area contributed by atoms with Gasteiger partial charge in [-0.15, -0.1) is 0 Å². The molecule has 0 amide bonds. The van der Waals surface area contributed by atoms with E-state index in [9.17, 15) is 8.42 Å². The van der Waals surface area contributed by atoms with Crippen LogP contribution < -0.4 is 5.32 Å². The maximum atomic E-state index is 11.5. The van der Waals surface area contributed by atoms with Crippen molar-refractivity contribution in [2.24, 2.45) is 11.8 Å². The van der Waals surface area contributed by atoms with Crippen molar-refractivity contribution in [3.63, 3.8) is 0 Å². The van der Waals surface area contributed by atoms with Crippen LogP contribution in [0, 0.1) is 11.8 Å². The van der Waals surface area contributed by atoms with E-state index in [-0.39, 0.29) is 0 Å². The van der Waals surface area contributed by atoms with Gasteiger partial charge in [0.25, 0.3) is 0 Å². The molecule has 18 heavy (non-hydrogen) atoms. The number of nitrogens with zero attached hydrogens (tertiary/aromatic N) is 1. The summed E-state index contributed by atoms with van der Waals surface area (Å²) < 4.78 is 24.6. The summed E-state index contributed by atoms with van der Waals surface area (Å²) in [5, 5.41) is 3.50. The van der Waals surface area contributed by atoms with Crippen molar-refractivity contribution in [1.29, 1.82) is 0 Å². The molecule has 1 heterocycles. The van der Waals surface area contributed by atoms with E-state index in [1.807, 2.05) is 0 Å². The van der Waals surface area contributed by atoms with Crippen LogP contribution in [-0.2, 0) is 10.0 Å². The van der Waals surface area contributed by atoms with Gasteiger partial charge in [0.05, 0.1) is 6.26 Å². The van der Waals surface area contributed by atoms with Gasteiger partial charge in [-0.3, -0.25) is 0 Å². The Bertz CT molecular complexity index is 352. The first-order valence-electron chi connectivity index (χ1n) is 7.21. The normalized spacial score (nSPS) is 27.1. The van der Waals surface area contributed by atoms with Crippen molar-refractivity contribution >= 4 is 10.0 Å². The molecule has 2 aliphatic rings. The molecule has 0 spiro atoms. The van der Waals surface area contributed by atoms with E-state index in [0.717, 1.165) is 31.8 Å². The van der Waals surface area contributed by atoms with Gasteiger partial charge in [0.2, 0.25) is 10.0 Å². The van der Waals surface area contributed by atoms with Gasteiger partial charge in [-0.2, -0.15) is 0 Å². The van der Waals surface area contributed by atoms with Crippen LogP contribution in [0.15, 0.2) is 0 Å². The summed E-state index contributed by atoms with van der Waals surface area (Å²) in [6.07, 6.45) is 9.00. The molecule has 2 fully saturated rings. The van der Waals surface area contributed by atoms with Crippen LogP contribution in [0.2, 0.25) is 0 Å². The van der Waals surface area contributed by atoms with Crippen LogP contribution in [0.4, 0.5) is 0 Å². The van der Waals surface area contributed by atoms with Gasteiger partial charge in [-0.25, -0.2) is 12.7 Å². The van der Waals surface area contributed by atoms with E-state index in [4.69, 9.17) is 0 Å². The SMILES string of the molecule is CS(=O)(=O)N1CCCC(CNCCC2CCC2)C1. The topological polar surface area (TPSA) is 49.4 Å². The lowest BCUT2D eigenvalue weighted by atomic mass is 9.83. The largest absolute Gasteiger partial charge is 0.316 e. The Kier molecular flexibility index (Phi) is 5.04. The molecular weight excluding hydrogens is 248 g/mol. The Labute approximate surface area is 111 Å². The van der Waals surface area contributed by atoms with E-state index in [1.54, 1.807) is 4.31 Å². The third-order valence-corrected chi connectivity index (χ3v) is 5.61. The summed E-state index contributed by atoms with van der Waals surface area (Å²) in [6.45, 7) is 3.48. The van der Waals surface area contributed by atoms with E-state index < -0.39 is 10.0 Å². The zero-order valence-electron chi connectivity index (χ0n) is 11.4. The number of hydrogen-bond donors (Lipinski definition) is 1. The third-order valence-electron chi connectivity index (χ3n) is 4.34. The monoisotopic (exact) mass is 274 g/mol. The molecule has 1 atom stereocenters. The molecule has 1 saturated carbocycles. The highest BCUT2D eigenvalue weighted by Gasteiger charge is 2.25. The van der Waals surface area contributed by atoms with Gasteiger partial charge in [0.15, 0.2) is 0 Å². The summed E-state index contributed by atoms with van der Waals surface area (Å²) in [4.78, 5) is 0. The Morgan fingerprint density at radius 3 is 2.50 bits per heavy atom. The van der Waals surface area contributed by atoms with Gasteiger partial charge in [-0.05, 0) is 44.2 Å². The highest BCUT2D eigenvalue weighted by molar-refractivity contribution is 7.88. The second-order valence-electron chi connectivity index (χ2n) is 5.92. The molecule has 0 radical (unpaired) electrons. The Balaban J connectivity index is 1.63. The van der Waals surface area contributed by atoms with Crippen LogP contribution >= 0.6 is 0 Å². The first-order chi connectivity index (χ1) is 8.55. The Morgan fingerprint density at radius 1 is 1.17 bits per heavy atom. The third kappa shape index (κ3) is 4.21. The minimum Gasteiger partial charge on any atom is -0.316 e. The predicted octanol–water partition coefficient (Wildman–Crippen LogP) is 1.44. The van der Waals surface area contributed by atoms with Crippen LogP contribution in [0.5, 0.6) is 0 Å². The predicted molar refractivity (Wildman–Crippen MR) is 74.0 cm³/mol. The number of rotatable bonds is 6. The molecule has 4 nitrogen and oxygen atoms in total. The van der Waals surface area contributed by atoms with Crippen molar-refractivity contribution in [1.82, 2.24) is 9.62 Å². The minimum absolute atomic E-state index is 0.495. The zero-order chi connectivity index (χ0) is 13.0. The average Bonchev–Trinajstić information content (AvgIpc) is 2.25. The summed E-state index contributed by atoms with van der Waals surface area (Å²) in [5.74, 6) is 1.45. The quantitative estimate of drug-likeness (QED) is 0.746. The smallest absolute Gasteiger partial charge is 0.211 e. The fourth-order valence-electron chi connectivity index (χ4n) is 2.89. The molecule has 0 aromatic heterocycles. The van der Waals surface area contributed by atoms with Gasteiger partial charge in [0.1, 0.15) is 0 Å². The molecule has 1 N–H and O–H groups in total. The molecule has 1 unspecified atom stereocenters. The Hall–Kier alpha value is -0.130. The van der Waals surface area contributed by atoms with Crippen LogP contribution in [0.1, 0.15) is 38.5 Å². The summed E-state index contributed by atoms with van der Waals surface area (Å²) in [5.41, 5.74) is 0.